The van der Waals surface area contributed by atoms with Gasteiger partial charge in [-0.15, -0.1) is 0 Å². The van der Waals surface area contributed by atoms with Crippen LogP contribution in [0.3, 0.4) is 0 Å². The molecule has 0 fully saturated rings. The average Bonchev–Trinajstić information content (AvgIpc) is 2.44. The van der Waals surface area contributed by atoms with Crippen LogP contribution in [0.5, 0.6) is 0 Å². The molecule has 1 aromatic carbocycles. The Morgan fingerprint density at radius 2 is 1.68 bits per heavy atom. The van der Waals surface area contributed by atoms with E-state index in [-0.39, 0.29) is 5.91 Å². The molecule has 0 unspecified atom stereocenters. The molecule has 0 aliphatic heterocycles. The van der Waals surface area contributed by atoms with Crippen LogP contribution < -0.4 is 16.0 Å². The van der Waals surface area contributed by atoms with E-state index in [9.17, 15) is 14.4 Å². The van der Waals surface area contributed by atoms with Crippen molar-refractivity contribution >= 4 is 41.0 Å². The monoisotopic (exact) mass is 325 g/mol. The van der Waals surface area contributed by atoms with Crippen LogP contribution in [0.1, 0.15) is 13.3 Å². The largest absolute Gasteiger partial charge is 0.480 e. The van der Waals surface area contributed by atoms with E-state index in [1.54, 1.807) is 24.3 Å². The second kappa shape index (κ2) is 8.93. The number of aliphatic carboxylic acids is 1. The number of amides is 3. The lowest BCUT2D eigenvalue weighted by molar-refractivity contribution is -0.139. The molecule has 0 heterocycles. The van der Waals surface area contributed by atoms with Gasteiger partial charge in [-0.05, 0) is 42.7 Å². The molecular weight excluding hydrogens is 306 g/mol. The van der Waals surface area contributed by atoms with E-state index in [0.29, 0.717) is 23.5 Å². The first kappa shape index (κ1) is 17.8. The van der Waals surface area contributed by atoms with Gasteiger partial charge in [-0.1, -0.05) is 0 Å². The number of hydrogen-bond donors (Lipinski definition) is 4. The van der Waals surface area contributed by atoms with Crippen molar-refractivity contribution < 1.29 is 19.5 Å². The Morgan fingerprint density at radius 3 is 2.14 bits per heavy atom. The fraction of sp³-hybridized carbons (Fsp3) is 0.357. The highest BCUT2D eigenvalue weighted by Crippen LogP contribution is 2.13. The first-order valence-electron chi connectivity index (χ1n) is 6.59. The Balaban J connectivity index is 2.56. The van der Waals surface area contributed by atoms with Crippen LogP contribution in [0.25, 0.3) is 0 Å². The van der Waals surface area contributed by atoms with Gasteiger partial charge < -0.3 is 21.1 Å². The van der Waals surface area contributed by atoms with Gasteiger partial charge in [-0.3, -0.25) is 4.79 Å². The zero-order chi connectivity index (χ0) is 16.5. The third kappa shape index (κ3) is 6.49. The Labute approximate surface area is 132 Å². The first-order valence-corrected chi connectivity index (χ1v) is 7.98. The van der Waals surface area contributed by atoms with Crippen LogP contribution in [0.4, 0.5) is 16.2 Å². The number of carboxylic acids is 1. The summed E-state index contributed by atoms with van der Waals surface area (Å²) in [6.07, 6.45) is 2.22. The zero-order valence-corrected chi connectivity index (χ0v) is 13.2. The predicted molar refractivity (Wildman–Crippen MR) is 87.3 cm³/mol. The first-order chi connectivity index (χ1) is 10.4. The van der Waals surface area contributed by atoms with Gasteiger partial charge in [0.25, 0.3) is 0 Å². The van der Waals surface area contributed by atoms with Crippen molar-refractivity contribution in [3.05, 3.63) is 24.3 Å². The predicted octanol–water partition coefficient (Wildman–Crippen LogP) is 1.97. The molecule has 0 bridgehead atoms. The molecular formula is C14H19N3O4S. The van der Waals surface area contributed by atoms with Crippen molar-refractivity contribution in [1.82, 2.24) is 5.32 Å². The maximum Gasteiger partial charge on any atom is 0.326 e. The van der Waals surface area contributed by atoms with E-state index < -0.39 is 18.0 Å². The summed E-state index contributed by atoms with van der Waals surface area (Å²) < 4.78 is 0. The van der Waals surface area contributed by atoms with Crippen LogP contribution in [0, 0.1) is 0 Å². The Hall–Kier alpha value is -2.22. The van der Waals surface area contributed by atoms with Crippen molar-refractivity contribution in [2.75, 3.05) is 22.6 Å². The van der Waals surface area contributed by atoms with Gasteiger partial charge in [0.15, 0.2) is 0 Å². The van der Waals surface area contributed by atoms with Crippen molar-refractivity contribution in [3.63, 3.8) is 0 Å². The molecule has 1 aromatic rings. The summed E-state index contributed by atoms with van der Waals surface area (Å²) in [5.41, 5.74) is 1.11. The minimum atomic E-state index is -1.06. The Morgan fingerprint density at radius 1 is 1.14 bits per heavy atom. The van der Waals surface area contributed by atoms with E-state index >= 15 is 0 Å². The highest BCUT2D eigenvalue weighted by Gasteiger charge is 2.19. The molecule has 3 amide bonds. The molecule has 0 spiro atoms. The van der Waals surface area contributed by atoms with Gasteiger partial charge in [-0.25, -0.2) is 9.59 Å². The fourth-order valence-corrected chi connectivity index (χ4v) is 2.13. The number of benzene rings is 1. The van der Waals surface area contributed by atoms with E-state index in [1.165, 1.54) is 18.7 Å². The molecule has 1 atom stereocenters. The summed E-state index contributed by atoms with van der Waals surface area (Å²) >= 11 is 1.52. The van der Waals surface area contributed by atoms with Crippen LogP contribution >= 0.6 is 11.8 Å². The molecule has 7 nitrogen and oxygen atoms in total. The second-order valence-electron chi connectivity index (χ2n) is 4.53. The number of thioether (sulfide) groups is 1. The molecule has 1 rings (SSSR count). The quantitative estimate of drug-likeness (QED) is 0.613. The number of carboxylic acid groups (broad SMARTS) is 1. The molecule has 0 aliphatic carbocycles. The molecule has 0 aromatic heterocycles. The number of hydrogen-bond acceptors (Lipinski definition) is 4. The summed E-state index contributed by atoms with van der Waals surface area (Å²) in [6, 6.07) is 5.00. The third-order valence-corrected chi connectivity index (χ3v) is 3.32. The molecule has 4 N–H and O–H groups in total. The highest BCUT2D eigenvalue weighted by atomic mass is 32.2. The summed E-state index contributed by atoms with van der Waals surface area (Å²) in [4.78, 5) is 33.7. The smallest absolute Gasteiger partial charge is 0.326 e. The molecule has 0 saturated carbocycles. The number of rotatable bonds is 7. The molecule has 120 valence electrons. The van der Waals surface area contributed by atoms with E-state index in [1.807, 2.05) is 6.26 Å². The average molecular weight is 325 g/mol. The van der Waals surface area contributed by atoms with Gasteiger partial charge in [0.2, 0.25) is 5.91 Å². The maximum absolute atomic E-state index is 11.8. The van der Waals surface area contributed by atoms with Gasteiger partial charge in [0.1, 0.15) is 6.04 Å². The lowest BCUT2D eigenvalue weighted by Crippen LogP contribution is -2.43. The lowest BCUT2D eigenvalue weighted by atomic mass is 10.2. The maximum atomic E-state index is 11.8. The number of carbonyl (C=O) groups is 3. The topological polar surface area (TPSA) is 108 Å². The number of carbonyl (C=O) groups excluding carboxylic acids is 2. The Bertz CT molecular complexity index is 533. The molecule has 0 radical (unpaired) electrons. The summed E-state index contributed by atoms with van der Waals surface area (Å²) in [7, 11) is 0. The van der Waals surface area contributed by atoms with Gasteiger partial charge >= 0.3 is 12.0 Å². The number of nitrogens with one attached hydrogen (secondary N) is 3. The fourth-order valence-electron chi connectivity index (χ4n) is 1.66. The van der Waals surface area contributed by atoms with Crippen molar-refractivity contribution in [2.45, 2.75) is 19.4 Å². The zero-order valence-electron chi connectivity index (χ0n) is 12.4. The summed E-state index contributed by atoms with van der Waals surface area (Å²) in [6.45, 7) is 1.40. The minimum Gasteiger partial charge on any atom is -0.480 e. The van der Waals surface area contributed by atoms with E-state index in [4.69, 9.17) is 5.11 Å². The SMILES string of the molecule is CSCC[C@H](NC(=O)Nc1ccc(NC(C)=O)cc1)C(=O)O. The standard InChI is InChI=1S/C14H19N3O4S/c1-9(18)15-10-3-5-11(6-4-10)16-14(21)17-12(13(19)20)7-8-22-2/h3-6,12H,7-8H2,1-2H3,(H,15,18)(H,19,20)(H2,16,17,21)/t12-/m0/s1. The van der Waals surface area contributed by atoms with Crippen LogP contribution in [0.2, 0.25) is 0 Å². The van der Waals surface area contributed by atoms with Gasteiger partial charge in [0, 0.05) is 18.3 Å². The third-order valence-electron chi connectivity index (χ3n) is 2.68. The Kier molecular flexibility index (Phi) is 7.24. The second-order valence-corrected chi connectivity index (χ2v) is 5.51. The van der Waals surface area contributed by atoms with E-state index in [0.717, 1.165) is 0 Å². The van der Waals surface area contributed by atoms with Crippen molar-refractivity contribution in [2.24, 2.45) is 0 Å². The van der Waals surface area contributed by atoms with Crippen LogP contribution in [-0.2, 0) is 9.59 Å². The van der Waals surface area contributed by atoms with E-state index in [2.05, 4.69) is 16.0 Å². The number of urea groups is 1. The minimum absolute atomic E-state index is 0.184. The lowest BCUT2D eigenvalue weighted by Gasteiger charge is -2.14. The van der Waals surface area contributed by atoms with Gasteiger partial charge in [-0.2, -0.15) is 11.8 Å². The highest BCUT2D eigenvalue weighted by molar-refractivity contribution is 7.98. The molecule has 8 heteroatoms. The van der Waals surface area contributed by atoms with Crippen molar-refractivity contribution in [3.8, 4) is 0 Å². The number of anilines is 2. The normalized spacial score (nSPS) is 11.4. The van der Waals surface area contributed by atoms with Crippen molar-refractivity contribution in [1.29, 1.82) is 0 Å². The van der Waals surface area contributed by atoms with Crippen LogP contribution in [0.15, 0.2) is 24.3 Å². The molecule has 22 heavy (non-hydrogen) atoms. The molecule has 0 aliphatic rings. The summed E-state index contributed by atoms with van der Waals surface area (Å²) in [5.74, 6) is -0.607. The van der Waals surface area contributed by atoms with Crippen LogP contribution in [-0.4, -0.2) is 41.1 Å². The molecule has 0 saturated heterocycles. The summed E-state index contributed by atoms with van der Waals surface area (Å²) in [5, 5.41) is 16.6. The van der Waals surface area contributed by atoms with Gasteiger partial charge in [0.05, 0.1) is 0 Å².